The molecule has 0 amide bonds. The Morgan fingerprint density at radius 1 is 1.18 bits per heavy atom. The molecule has 34 heavy (non-hydrogen) atoms. The predicted molar refractivity (Wildman–Crippen MR) is 134 cm³/mol. The fourth-order valence-electron chi connectivity index (χ4n) is 3.77. The van der Waals surface area contributed by atoms with E-state index in [1.807, 2.05) is 55.5 Å². The van der Waals surface area contributed by atoms with Gasteiger partial charge in [0.2, 0.25) is 10.8 Å². The molecule has 0 fully saturated rings. The van der Waals surface area contributed by atoms with Crippen molar-refractivity contribution in [1.82, 2.24) is 14.6 Å². The van der Waals surface area contributed by atoms with E-state index in [0.717, 1.165) is 28.5 Å². The van der Waals surface area contributed by atoms with Crippen molar-refractivity contribution in [2.24, 2.45) is 5.92 Å². The first-order valence-electron chi connectivity index (χ1n) is 11.1. The van der Waals surface area contributed by atoms with Gasteiger partial charge in [-0.15, -0.1) is 5.10 Å². The lowest BCUT2D eigenvalue weighted by Gasteiger charge is -2.12. The number of aryl methyl sites for hydroxylation is 1. The van der Waals surface area contributed by atoms with Gasteiger partial charge in [0.05, 0.1) is 18.2 Å². The molecular weight excluding hydrogens is 450 g/mol. The van der Waals surface area contributed by atoms with Crippen LogP contribution in [0.25, 0.3) is 33.6 Å². The van der Waals surface area contributed by atoms with Crippen LogP contribution in [0.2, 0.25) is 0 Å². The van der Waals surface area contributed by atoms with E-state index in [4.69, 9.17) is 13.9 Å². The number of benzene rings is 2. The predicted octanol–water partition coefficient (Wildman–Crippen LogP) is 4.85. The Balaban J connectivity index is 1.47. The molecule has 174 valence electrons. The number of furan rings is 1. The van der Waals surface area contributed by atoms with Gasteiger partial charge in [-0.25, -0.2) is 0 Å². The first-order chi connectivity index (χ1) is 16.4. The van der Waals surface area contributed by atoms with Crippen LogP contribution in [0.3, 0.4) is 0 Å². The van der Waals surface area contributed by atoms with Gasteiger partial charge in [0.1, 0.15) is 5.58 Å². The summed E-state index contributed by atoms with van der Waals surface area (Å²) in [5.41, 5.74) is 2.35. The van der Waals surface area contributed by atoms with Crippen LogP contribution in [0.4, 0.5) is 0 Å². The summed E-state index contributed by atoms with van der Waals surface area (Å²) in [6, 6.07) is 13.4. The van der Waals surface area contributed by atoms with Gasteiger partial charge in [0.15, 0.2) is 17.3 Å². The fraction of sp³-hybridized carbons (Fsp3) is 0.269. The number of hydrogen-bond donors (Lipinski definition) is 0. The van der Waals surface area contributed by atoms with Crippen molar-refractivity contribution in [2.75, 3.05) is 13.7 Å². The SMILES string of the molecule is COc1cc(C=c2sc3nc(-c4oc5ccccc5c4C)nn3c2=O)ccc1OCCC(C)C. The third kappa shape index (κ3) is 4.05. The fourth-order valence-corrected chi connectivity index (χ4v) is 4.67. The van der Waals surface area contributed by atoms with Crippen LogP contribution in [0.5, 0.6) is 11.5 Å². The van der Waals surface area contributed by atoms with Crippen molar-refractivity contribution >= 4 is 33.3 Å². The van der Waals surface area contributed by atoms with E-state index in [9.17, 15) is 4.79 Å². The van der Waals surface area contributed by atoms with Gasteiger partial charge >= 0.3 is 0 Å². The average Bonchev–Trinajstić information content (AvgIpc) is 3.47. The summed E-state index contributed by atoms with van der Waals surface area (Å²) in [7, 11) is 1.61. The minimum Gasteiger partial charge on any atom is -0.493 e. The molecule has 3 aromatic heterocycles. The number of hydrogen-bond acceptors (Lipinski definition) is 7. The first-order valence-corrected chi connectivity index (χ1v) is 12.0. The Morgan fingerprint density at radius 2 is 2.00 bits per heavy atom. The molecule has 0 aliphatic heterocycles. The molecule has 3 heterocycles. The highest BCUT2D eigenvalue weighted by molar-refractivity contribution is 7.15. The van der Waals surface area contributed by atoms with E-state index >= 15 is 0 Å². The van der Waals surface area contributed by atoms with Crippen LogP contribution < -0.4 is 19.6 Å². The summed E-state index contributed by atoms with van der Waals surface area (Å²) in [5.74, 6) is 2.88. The molecule has 0 aliphatic carbocycles. The molecular formula is C26H25N3O4S. The Hall–Kier alpha value is -3.65. The van der Waals surface area contributed by atoms with Gasteiger partial charge in [-0.2, -0.15) is 9.50 Å². The number of fused-ring (bicyclic) bond motifs is 2. The minimum absolute atomic E-state index is 0.219. The van der Waals surface area contributed by atoms with Crippen LogP contribution >= 0.6 is 11.3 Å². The van der Waals surface area contributed by atoms with Crippen LogP contribution in [-0.4, -0.2) is 28.3 Å². The second-order valence-electron chi connectivity index (χ2n) is 8.54. The molecule has 5 aromatic rings. The number of nitrogens with zero attached hydrogens (tertiary/aromatic N) is 3. The maximum Gasteiger partial charge on any atom is 0.291 e. The molecule has 0 aliphatic rings. The van der Waals surface area contributed by atoms with Gasteiger partial charge in [-0.1, -0.05) is 49.4 Å². The summed E-state index contributed by atoms with van der Waals surface area (Å²) >= 11 is 1.29. The van der Waals surface area contributed by atoms with Crippen LogP contribution in [0.15, 0.2) is 51.7 Å². The second kappa shape index (κ2) is 8.95. The Bertz CT molecular complexity index is 1600. The molecule has 0 N–H and O–H groups in total. The zero-order valence-electron chi connectivity index (χ0n) is 19.5. The molecule has 0 saturated carbocycles. The van der Waals surface area contributed by atoms with Crippen LogP contribution in [0.1, 0.15) is 31.4 Å². The Labute approximate surface area is 200 Å². The topological polar surface area (TPSA) is 78.9 Å². The van der Waals surface area contributed by atoms with Crippen molar-refractivity contribution in [3.8, 4) is 23.1 Å². The molecule has 0 unspecified atom stereocenters. The summed E-state index contributed by atoms with van der Waals surface area (Å²) in [6.45, 7) is 6.92. The molecule has 2 aromatic carbocycles. The van der Waals surface area contributed by atoms with E-state index in [-0.39, 0.29) is 5.56 Å². The molecule has 0 radical (unpaired) electrons. The maximum absolute atomic E-state index is 13.0. The highest BCUT2D eigenvalue weighted by atomic mass is 32.1. The second-order valence-corrected chi connectivity index (χ2v) is 9.55. The Morgan fingerprint density at radius 3 is 2.74 bits per heavy atom. The number of rotatable bonds is 7. The highest BCUT2D eigenvalue weighted by Crippen LogP contribution is 2.31. The summed E-state index contributed by atoms with van der Waals surface area (Å²) in [5, 5.41) is 5.45. The molecule has 0 saturated heterocycles. The quantitative estimate of drug-likeness (QED) is 0.335. The number of methoxy groups -OCH3 is 1. The molecule has 0 spiro atoms. The third-order valence-electron chi connectivity index (χ3n) is 5.67. The van der Waals surface area contributed by atoms with E-state index in [1.165, 1.54) is 15.9 Å². The third-order valence-corrected chi connectivity index (χ3v) is 6.63. The smallest absolute Gasteiger partial charge is 0.291 e. The summed E-state index contributed by atoms with van der Waals surface area (Å²) in [4.78, 5) is 18.1. The van der Waals surface area contributed by atoms with Gasteiger partial charge in [-0.3, -0.25) is 4.79 Å². The van der Waals surface area contributed by atoms with Crippen molar-refractivity contribution in [1.29, 1.82) is 0 Å². The van der Waals surface area contributed by atoms with Crippen molar-refractivity contribution < 1.29 is 13.9 Å². The standard InChI is InChI=1S/C26H25N3O4S/c1-15(2)11-12-32-20-10-9-17(13-21(20)31-4)14-22-25(30)29-26(34-22)27-24(28-29)23-16(3)18-7-5-6-8-19(18)33-23/h5-10,13-15H,11-12H2,1-4H3. The first kappa shape index (κ1) is 22.2. The average molecular weight is 476 g/mol. The molecule has 0 bridgehead atoms. The zero-order chi connectivity index (χ0) is 23.8. The lowest BCUT2D eigenvalue weighted by Crippen LogP contribution is -2.23. The number of aromatic nitrogens is 3. The minimum atomic E-state index is -0.219. The molecule has 8 heteroatoms. The van der Waals surface area contributed by atoms with Gasteiger partial charge < -0.3 is 13.9 Å². The number of ether oxygens (including phenoxy) is 2. The largest absolute Gasteiger partial charge is 0.493 e. The summed E-state index contributed by atoms with van der Waals surface area (Å²) in [6.07, 6.45) is 2.78. The zero-order valence-corrected chi connectivity index (χ0v) is 20.3. The highest BCUT2D eigenvalue weighted by Gasteiger charge is 2.19. The monoisotopic (exact) mass is 475 g/mol. The van der Waals surface area contributed by atoms with Gasteiger partial charge in [0, 0.05) is 10.9 Å². The van der Waals surface area contributed by atoms with Crippen LogP contribution in [-0.2, 0) is 0 Å². The van der Waals surface area contributed by atoms with E-state index in [1.54, 1.807) is 7.11 Å². The molecule has 5 rings (SSSR count). The lowest BCUT2D eigenvalue weighted by atomic mass is 10.1. The molecule has 0 atom stereocenters. The number of para-hydroxylation sites is 1. The van der Waals surface area contributed by atoms with Crippen molar-refractivity contribution in [3.63, 3.8) is 0 Å². The number of thiazole rings is 1. The van der Waals surface area contributed by atoms with Gasteiger partial charge in [0.25, 0.3) is 5.56 Å². The maximum atomic E-state index is 13.0. The van der Waals surface area contributed by atoms with E-state index < -0.39 is 0 Å². The van der Waals surface area contributed by atoms with E-state index in [2.05, 4.69) is 23.9 Å². The molecule has 7 nitrogen and oxygen atoms in total. The van der Waals surface area contributed by atoms with Gasteiger partial charge in [-0.05, 0) is 49.1 Å². The normalized spacial score (nSPS) is 12.3. The van der Waals surface area contributed by atoms with Crippen molar-refractivity contribution in [2.45, 2.75) is 27.2 Å². The summed E-state index contributed by atoms with van der Waals surface area (Å²) < 4.78 is 19.2. The lowest BCUT2D eigenvalue weighted by molar-refractivity contribution is 0.273. The Kier molecular flexibility index (Phi) is 5.83. The van der Waals surface area contributed by atoms with E-state index in [0.29, 0.717) is 45.1 Å². The van der Waals surface area contributed by atoms with Crippen molar-refractivity contribution in [3.05, 3.63) is 68.5 Å². The van der Waals surface area contributed by atoms with Crippen LogP contribution in [0, 0.1) is 12.8 Å².